The molecule has 0 N–H and O–H groups in total. The fourth-order valence-corrected chi connectivity index (χ4v) is 3.40. The number of hydrogen-bond acceptors (Lipinski definition) is 5. The minimum Gasteiger partial charge on any atom is -0.372 e. The van der Waals surface area contributed by atoms with Crippen molar-refractivity contribution >= 4 is 27.3 Å². The summed E-state index contributed by atoms with van der Waals surface area (Å²) >= 11 is 0. The Morgan fingerprint density at radius 3 is 2.04 bits per heavy atom. The van der Waals surface area contributed by atoms with Gasteiger partial charge in [0.25, 0.3) is 5.69 Å². The van der Waals surface area contributed by atoms with E-state index < -0.39 is 14.8 Å². The molecule has 2 aromatic rings. The van der Waals surface area contributed by atoms with Crippen LogP contribution in [-0.4, -0.2) is 26.4 Å². The lowest BCUT2D eigenvalue weighted by atomic mass is 10.2. The molecule has 0 saturated carbocycles. The van der Waals surface area contributed by atoms with Crippen LogP contribution in [0.5, 0.6) is 0 Å². The van der Waals surface area contributed by atoms with E-state index in [0.29, 0.717) is 0 Å². The summed E-state index contributed by atoms with van der Waals surface area (Å²) in [4.78, 5) is 12.3. The summed E-state index contributed by atoms with van der Waals surface area (Å²) in [7, 11) is -3.65. The lowest BCUT2D eigenvalue weighted by molar-refractivity contribution is -0.384. The van der Waals surface area contributed by atoms with Crippen LogP contribution in [0.25, 0.3) is 6.08 Å². The molecule has 0 aliphatic carbocycles. The number of nitrogens with zero attached hydrogens (tertiary/aromatic N) is 2. The van der Waals surface area contributed by atoms with Crippen molar-refractivity contribution in [1.82, 2.24) is 0 Å². The van der Waals surface area contributed by atoms with E-state index in [9.17, 15) is 18.5 Å². The van der Waals surface area contributed by atoms with E-state index in [2.05, 4.69) is 18.7 Å². The van der Waals surface area contributed by atoms with Crippen molar-refractivity contribution in [3.63, 3.8) is 0 Å². The van der Waals surface area contributed by atoms with Crippen molar-refractivity contribution in [3.8, 4) is 0 Å². The third kappa shape index (κ3) is 4.67. The molecule has 2 aromatic carbocycles. The standard InChI is InChI=1S/C18H20N2O4S/c1-3-19(4-2)16-7-5-15(6-8-16)13-14-25(23,24)18-11-9-17(10-12-18)20(21)22/h5-14H,3-4H2,1-2H3/b14-13+. The maximum atomic E-state index is 12.3. The molecular weight excluding hydrogens is 340 g/mol. The van der Waals surface area contributed by atoms with E-state index in [1.54, 1.807) is 0 Å². The van der Waals surface area contributed by atoms with Gasteiger partial charge < -0.3 is 4.90 Å². The smallest absolute Gasteiger partial charge is 0.269 e. The molecule has 7 heteroatoms. The molecule has 0 fully saturated rings. The topological polar surface area (TPSA) is 80.5 Å². The van der Waals surface area contributed by atoms with Gasteiger partial charge >= 0.3 is 0 Å². The summed E-state index contributed by atoms with van der Waals surface area (Å²) in [5.74, 6) is 0. The van der Waals surface area contributed by atoms with E-state index in [1.807, 2.05) is 24.3 Å². The van der Waals surface area contributed by atoms with Crippen molar-refractivity contribution in [2.24, 2.45) is 0 Å². The van der Waals surface area contributed by atoms with Crippen LogP contribution >= 0.6 is 0 Å². The second kappa shape index (κ2) is 7.94. The van der Waals surface area contributed by atoms with Crippen molar-refractivity contribution in [2.45, 2.75) is 18.7 Å². The zero-order valence-electron chi connectivity index (χ0n) is 14.1. The Morgan fingerprint density at radius 1 is 1.00 bits per heavy atom. The molecule has 0 spiro atoms. The molecule has 0 aliphatic heterocycles. The predicted molar refractivity (Wildman–Crippen MR) is 99.3 cm³/mol. The van der Waals surface area contributed by atoms with Gasteiger partial charge in [0, 0.05) is 36.3 Å². The number of hydrogen-bond donors (Lipinski definition) is 0. The molecule has 0 unspecified atom stereocenters. The SMILES string of the molecule is CCN(CC)c1ccc(/C=C/S(=O)(=O)c2ccc([N+](=O)[O-])cc2)cc1. The van der Waals surface area contributed by atoms with Crippen molar-refractivity contribution in [2.75, 3.05) is 18.0 Å². The molecule has 0 heterocycles. The molecule has 0 saturated heterocycles. The Labute approximate surface area is 147 Å². The monoisotopic (exact) mass is 360 g/mol. The summed E-state index contributed by atoms with van der Waals surface area (Å²) in [6.07, 6.45) is 1.52. The molecule has 0 aliphatic rings. The van der Waals surface area contributed by atoms with Gasteiger partial charge in [0.05, 0.1) is 9.82 Å². The summed E-state index contributed by atoms with van der Waals surface area (Å²) in [5, 5.41) is 11.7. The van der Waals surface area contributed by atoms with Crippen molar-refractivity contribution < 1.29 is 13.3 Å². The Balaban J connectivity index is 2.18. The Bertz CT molecular complexity index is 853. The molecule has 0 bridgehead atoms. The first-order valence-corrected chi connectivity index (χ1v) is 9.44. The number of anilines is 1. The maximum absolute atomic E-state index is 12.3. The zero-order chi connectivity index (χ0) is 18.4. The number of rotatable bonds is 7. The van der Waals surface area contributed by atoms with E-state index >= 15 is 0 Å². The van der Waals surface area contributed by atoms with Gasteiger partial charge in [-0.3, -0.25) is 10.1 Å². The van der Waals surface area contributed by atoms with Gasteiger partial charge in [-0.2, -0.15) is 0 Å². The number of nitro benzene ring substituents is 1. The van der Waals surface area contributed by atoms with Crippen molar-refractivity contribution in [3.05, 3.63) is 69.6 Å². The molecule has 132 valence electrons. The predicted octanol–water partition coefficient (Wildman–Crippen LogP) is 3.89. The van der Waals surface area contributed by atoms with E-state index in [0.717, 1.165) is 29.7 Å². The largest absolute Gasteiger partial charge is 0.372 e. The van der Waals surface area contributed by atoms with E-state index in [4.69, 9.17) is 0 Å². The third-order valence-corrected chi connectivity index (χ3v) is 5.26. The molecule has 0 aromatic heterocycles. The maximum Gasteiger partial charge on any atom is 0.269 e. The Kier molecular flexibility index (Phi) is 5.93. The first kappa shape index (κ1) is 18.7. The minimum atomic E-state index is -3.65. The highest BCUT2D eigenvalue weighted by atomic mass is 32.2. The zero-order valence-corrected chi connectivity index (χ0v) is 14.9. The fourth-order valence-electron chi connectivity index (χ4n) is 2.39. The first-order chi connectivity index (χ1) is 11.9. The average Bonchev–Trinajstić information content (AvgIpc) is 2.62. The Hall–Kier alpha value is -2.67. The number of nitro groups is 1. The van der Waals surface area contributed by atoms with Crippen LogP contribution < -0.4 is 4.90 Å². The second-order valence-corrected chi connectivity index (χ2v) is 7.20. The van der Waals surface area contributed by atoms with Crippen LogP contribution in [0, 0.1) is 10.1 Å². The summed E-state index contributed by atoms with van der Waals surface area (Å²) in [6, 6.07) is 12.4. The van der Waals surface area contributed by atoms with E-state index in [1.165, 1.54) is 30.3 Å². The van der Waals surface area contributed by atoms with Crippen LogP contribution in [0.15, 0.2) is 58.8 Å². The molecule has 25 heavy (non-hydrogen) atoms. The molecule has 6 nitrogen and oxygen atoms in total. The highest BCUT2D eigenvalue weighted by molar-refractivity contribution is 7.94. The van der Waals surface area contributed by atoms with E-state index in [-0.39, 0.29) is 10.6 Å². The minimum absolute atomic E-state index is 0.0223. The third-order valence-electron chi connectivity index (χ3n) is 3.84. The summed E-state index contributed by atoms with van der Waals surface area (Å²) in [5.41, 5.74) is 1.71. The number of benzene rings is 2. The van der Waals surface area contributed by atoms with Crippen LogP contribution in [0.3, 0.4) is 0 Å². The van der Waals surface area contributed by atoms with Gasteiger partial charge in [0.1, 0.15) is 0 Å². The second-order valence-electron chi connectivity index (χ2n) is 5.36. The van der Waals surface area contributed by atoms with Crippen LogP contribution in [0.2, 0.25) is 0 Å². The lowest BCUT2D eigenvalue weighted by Crippen LogP contribution is -2.21. The molecule has 0 radical (unpaired) electrons. The van der Waals surface area contributed by atoms with Gasteiger partial charge in [0.2, 0.25) is 0 Å². The van der Waals surface area contributed by atoms with Crippen molar-refractivity contribution in [1.29, 1.82) is 0 Å². The number of sulfone groups is 1. The average molecular weight is 360 g/mol. The summed E-state index contributed by atoms with van der Waals surface area (Å²) in [6.45, 7) is 5.96. The quantitative estimate of drug-likeness (QED) is 0.553. The van der Waals surface area contributed by atoms with Gasteiger partial charge in [-0.25, -0.2) is 8.42 Å². The van der Waals surface area contributed by atoms with Crippen LogP contribution in [0.4, 0.5) is 11.4 Å². The highest BCUT2D eigenvalue weighted by Gasteiger charge is 2.13. The highest BCUT2D eigenvalue weighted by Crippen LogP contribution is 2.20. The Morgan fingerprint density at radius 2 is 1.56 bits per heavy atom. The van der Waals surface area contributed by atoms with Crippen LogP contribution in [0.1, 0.15) is 19.4 Å². The normalized spacial score (nSPS) is 11.6. The van der Waals surface area contributed by atoms with Gasteiger partial charge in [0.15, 0.2) is 9.84 Å². The molecular formula is C18H20N2O4S. The molecule has 2 rings (SSSR count). The fraction of sp³-hybridized carbons (Fsp3) is 0.222. The number of non-ortho nitro benzene ring substituents is 1. The molecule has 0 atom stereocenters. The first-order valence-electron chi connectivity index (χ1n) is 7.90. The van der Waals surface area contributed by atoms with Gasteiger partial charge in [-0.15, -0.1) is 0 Å². The van der Waals surface area contributed by atoms with Gasteiger partial charge in [-0.1, -0.05) is 12.1 Å². The summed E-state index contributed by atoms with van der Waals surface area (Å²) < 4.78 is 24.6. The lowest BCUT2D eigenvalue weighted by Gasteiger charge is -2.20. The van der Waals surface area contributed by atoms with Gasteiger partial charge in [-0.05, 0) is 49.8 Å². The molecule has 0 amide bonds. The van der Waals surface area contributed by atoms with Crippen LogP contribution in [-0.2, 0) is 9.84 Å².